The Hall–Kier alpha value is -2.15. The van der Waals surface area contributed by atoms with E-state index < -0.39 is 5.97 Å². The van der Waals surface area contributed by atoms with Crippen molar-refractivity contribution in [2.45, 2.75) is 26.5 Å². The smallest absolute Gasteiger partial charge is 0.335 e. The summed E-state index contributed by atoms with van der Waals surface area (Å²) in [5, 5.41) is 14.1. The van der Waals surface area contributed by atoms with E-state index >= 15 is 0 Å². The van der Waals surface area contributed by atoms with Crippen LogP contribution < -0.4 is 10.6 Å². The normalized spacial score (nSPS) is 10.3. The third-order valence-electron chi connectivity index (χ3n) is 2.33. The van der Waals surface area contributed by atoms with Crippen molar-refractivity contribution in [2.24, 2.45) is 0 Å². The van der Waals surface area contributed by atoms with Crippen molar-refractivity contribution >= 4 is 12.0 Å². The lowest BCUT2D eigenvalue weighted by Gasteiger charge is -2.09. The minimum atomic E-state index is -1.02. The van der Waals surface area contributed by atoms with Crippen LogP contribution in [0.1, 0.15) is 29.9 Å². The minimum Gasteiger partial charge on any atom is -0.478 e. The first-order valence-electron chi connectivity index (χ1n) is 6.30. The molecule has 0 radical (unpaired) electrons. The molecular weight excluding hydrogens is 262 g/mol. The van der Waals surface area contributed by atoms with Crippen LogP contribution in [-0.2, 0) is 11.3 Å². The molecule has 0 atom stereocenters. The molecule has 0 spiro atoms. The standard InChI is InChI=1S/C13H19N3O4/c1-9(2)20-6-5-15-13(19)16-8-11-7-10(12(17)18)3-4-14-11/h3-4,7,9H,5-6,8H2,1-2H3,(H,17,18)(H2,15,16,19). The van der Waals surface area contributed by atoms with Gasteiger partial charge in [0.1, 0.15) is 0 Å². The van der Waals surface area contributed by atoms with Crippen molar-refractivity contribution in [2.75, 3.05) is 13.2 Å². The molecule has 0 unspecified atom stereocenters. The van der Waals surface area contributed by atoms with Gasteiger partial charge >= 0.3 is 12.0 Å². The highest BCUT2D eigenvalue weighted by molar-refractivity contribution is 5.87. The SMILES string of the molecule is CC(C)OCCNC(=O)NCc1cc(C(=O)O)ccn1. The zero-order chi connectivity index (χ0) is 15.0. The number of carbonyl (C=O) groups excluding carboxylic acids is 1. The third kappa shape index (κ3) is 6.14. The number of aromatic carboxylic acids is 1. The van der Waals surface area contributed by atoms with E-state index in [0.717, 1.165) is 0 Å². The predicted octanol–water partition coefficient (Wildman–Crippen LogP) is 1.00. The number of carboxylic acid groups (broad SMARTS) is 1. The molecular formula is C13H19N3O4. The molecule has 0 fully saturated rings. The molecule has 0 saturated heterocycles. The van der Waals surface area contributed by atoms with Gasteiger partial charge < -0.3 is 20.5 Å². The number of carbonyl (C=O) groups is 2. The second-order valence-electron chi connectivity index (χ2n) is 4.37. The van der Waals surface area contributed by atoms with Crippen LogP contribution in [0.25, 0.3) is 0 Å². The average Bonchev–Trinajstić information content (AvgIpc) is 2.41. The molecule has 2 amide bonds. The monoisotopic (exact) mass is 281 g/mol. The number of ether oxygens (including phenoxy) is 1. The van der Waals surface area contributed by atoms with Crippen molar-refractivity contribution < 1.29 is 19.4 Å². The Balaban J connectivity index is 2.30. The third-order valence-corrected chi connectivity index (χ3v) is 2.33. The van der Waals surface area contributed by atoms with Crippen LogP contribution in [0.5, 0.6) is 0 Å². The number of urea groups is 1. The van der Waals surface area contributed by atoms with Crippen LogP contribution >= 0.6 is 0 Å². The van der Waals surface area contributed by atoms with Crippen LogP contribution in [0.2, 0.25) is 0 Å². The molecule has 1 heterocycles. The molecule has 0 aliphatic heterocycles. The quantitative estimate of drug-likeness (QED) is 0.647. The number of pyridine rings is 1. The molecule has 3 N–H and O–H groups in total. The van der Waals surface area contributed by atoms with E-state index in [2.05, 4.69) is 15.6 Å². The summed E-state index contributed by atoms with van der Waals surface area (Å²) in [5.41, 5.74) is 0.626. The summed E-state index contributed by atoms with van der Waals surface area (Å²) < 4.78 is 5.28. The minimum absolute atomic E-state index is 0.128. The van der Waals surface area contributed by atoms with Gasteiger partial charge in [-0.15, -0.1) is 0 Å². The predicted molar refractivity (Wildman–Crippen MR) is 72.5 cm³/mol. The summed E-state index contributed by atoms with van der Waals surface area (Å²) in [5.74, 6) is -1.02. The Morgan fingerprint density at radius 1 is 1.40 bits per heavy atom. The first-order chi connectivity index (χ1) is 9.49. The summed E-state index contributed by atoms with van der Waals surface area (Å²) in [6, 6.07) is 2.47. The van der Waals surface area contributed by atoms with Crippen molar-refractivity contribution in [1.82, 2.24) is 15.6 Å². The number of nitrogens with zero attached hydrogens (tertiary/aromatic N) is 1. The van der Waals surface area contributed by atoms with Crippen LogP contribution in [0.15, 0.2) is 18.3 Å². The van der Waals surface area contributed by atoms with E-state index in [4.69, 9.17) is 9.84 Å². The lowest BCUT2D eigenvalue weighted by atomic mass is 10.2. The summed E-state index contributed by atoms with van der Waals surface area (Å²) in [4.78, 5) is 26.2. The van der Waals surface area contributed by atoms with Gasteiger partial charge in [-0.3, -0.25) is 4.98 Å². The zero-order valence-corrected chi connectivity index (χ0v) is 11.5. The number of hydrogen-bond donors (Lipinski definition) is 3. The Bertz CT molecular complexity index is 463. The van der Waals surface area contributed by atoms with Crippen LogP contribution in [0.3, 0.4) is 0 Å². The number of carboxylic acids is 1. The van der Waals surface area contributed by atoms with Gasteiger partial charge in [0.05, 0.1) is 30.5 Å². The lowest BCUT2D eigenvalue weighted by molar-refractivity contribution is 0.0696. The van der Waals surface area contributed by atoms with Gasteiger partial charge in [-0.05, 0) is 26.0 Å². The van der Waals surface area contributed by atoms with Crippen molar-refractivity contribution in [3.8, 4) is 0 Å². The van der Waals surface area contributed by atoms with E-state index in [1.807, 2.05) is 13.8 Å². The number of aromatic nitrogens is 1. The number of amides is 2. The van der Waals surface area contributed by atoms with Gasteiger partial charge in [-0.2, -0.15) is 0 Å². The highest BCUT2D eigenvalue weighted by atomic mass is 16.5. The van der Waals surface area contributed by atoms with E-state index in [9.17, 15) is 9.59 Å². The maximum Gasteiger partial charge on any atom is 0.335 e. The molecule has 110 valence electrons. The fourth-order valence-electron chi connectivity index (χ4n) is 1.40. The molecule has 1 aromatic heterocycles. The number of hydrogen-bond acceptors (Lipinski definition) is 4. The molecule has 1 aromatic rings. The Morgan fingerprint density at radius 2 is 2.15 bits per heavy atom. The molecule has 0 saturated carbocycles. The number of rotatable bonds is 7. The van der Waals surface area contributed by atoms with E-state index in [0.29, 0.717) is 18.8 Å². The first kappa shape index (κ1) is 15.9. The van der Waals surface area contributed by atoms with Crippen LogP contribution in [0.4, 0.5) is 4.79 Å². The van der Waals surface area contributed by atoms with Crippen molar-refractivity contribution in [3.63, 3.8) is 0 Å². The van der Waals surface area contributed by atoms with Crippen LogP contribution in [0, 0.1) is 0 Å². The Morgan fingerprint density at radius 3 is 2.80 bits per heavy atom. The largest absolute Gasteiger partial charge is 0.478 e. The maximum atomic E-state index is 11.5. The highest BCUT2D eigenvalue weighted by Gasteiger charge is 2.05. The second-order valence-corrected chi connectivity index (χ2v) is 4.37. The van der Waals surface area contributed by atoms with Crippen molar-refractivity contribution in [1.29, 1.82) is 0 Å². The van der Waals surface area contributed by atoms with Crippen LogP contribution in [-0.4, -0.2) is 41.3 Å². The van der Waals surface area contributed by atoms with Gasteiger partial charge in [-0.25, -0.2) is 9.59 Å². The molecule has 0 aliphatic rings. The highest BCUT2D eigenvalue weighted by Crippen LogP contribution is 2.01. The van der Waals surface area contributed by atoms with Gasteiger partial charge in [0, 0.05) is 12.7 Å². The molecule has 7 heteroatoms. The first-order valence-corrected chi connectivity index (χ1v) is 6.30. The summed E-state index contributed by atoms with van der Waals surface area (Å²) in [7, 11) is 0. The fraction of sp³-hybridized carbons (Fsp3) is 0.462. The van der Waals surface area contributed by atoms with Gasteiger partial charge in [0.15, 0.2) is 0 Å². The molecule has 0 aliphatic carbocycles. The molecule has 20 heavy (non-hydrogen) atoms. The van der Waals surface area contributed by atoms with E-state index in [1.165, 1.54) is 18.3 Å². The summed E-state index contributed by atoms with van der Waals surface area (Å²) in [6.45, 7) is 4.85. The number of nitrogens with one attached hydrogen (secondary N) is 2. The molecule has 0 bridgehead atoms. The van der Waals surface area contributed by atoms with E-state index in [-0.39, 0.29) is 24.2 Å². The Labute approximate surface area is 117 Å². The Kier molecular flexibility index (Phi) is 6.45. The lowest BCUT2D eigenvalue weighted by Crippen LogP contribution is -2.37. The van der Waals surface area contributed by atoms with Crippen molar-refractivity contribution in [3.05, 3.63) is 29.6 Å². The average molecular weight is 281 g/mol. The molecule has 7 nitrogen and oxygen atoms in total. The fourth-order valence-corrected chi connectivity index (χ4v) is 1.40. The summed E-state index contributed by atoms with van der Waals surface area (Å²) >= 11 is 0. The maximum absolute atomic E-state index is 11.5. The van der Waals surface area contributed by atoms with Gasteiger partial charge in [0.2, 0.25) is 0 Å². The zero-order valence-electron chi connectivity index (χ0n) is 11.5. The van der Waals surface area contributed by atoms with E-state index in [1.54, 1.807) is 0 Å². The summed E-state index contributed by atoms with van der Waals surface area (Å²) in [6.07, 6.45) is 1.53. The molecule has 1 rings (SSSR count). The molecule has 0 aromatic carbocycles. The van der Waals surface area contributed by atoms with Gasteiger partial charge in [-0.1, -0.05) is 0 Å². The second kappa shape index (κ2) is 8.11. The topological polar surface area (TPSA) is 101 Å². The van der Waals surface area contributed by atoms with Gasteiger partial charge in [0.25, 0.3) is 0 Å².